The van der Waals surface area contributed by atoms with E-state index in [1.165, 1.54) is 30.4 Å². The average molecular weight is 275 g/mol. The van der Waals surface area contributed by atoms with Crippen molar-refractivity contribution in [3.8, 4) is 5.75 Å². The number of fused-ring (bicyclic) bond motifs is 1. The molecule has 0 saturated heterocycles. The monoisotopic (exact) mass is 275 g/mol. The van der Waals surface area contributed by atoms with Crippen LogP contribution in [-0.2, 0) is 6.42 Å². The van der Waals surface area contributed by atoms with E-state index in [1.54, 1.807) is 0 Å². The van der Waals surface area contributed by atoms with Crippen molar-refractivity contribution in [1.82, 2.24) is 5.32 Å². The summed E-state index contributed by atoms with van der Waals surface area (Å²) in [5.41, 5.74) is 3.28. The average Bonchev–Trinajstić information content (AvgIpc) is 2.37. The van der Waals surface area contributed by atoms with Crippen molar-refractivity contribution in [2.75, 3.05) is 13.2 Å². The normalized spacial score (nSPS) is 18.7. The predicted octanol–water partition coefficient (Wildman–Crippen LogP) is 4.49. The van der Waals surface area contributed by atoms with E-state index in [0.717, 1.165) is 25.3 Å². The SMILES string of the molecule is CCNC1CCCc2cc(OCCC(C)(C)C)ccc21. The van der Waals surface area contributed by atoms with Crippen LogP contribution < -0.4 is 10.1 Å². The molecule has 0 aromatic heterocycles. The molecule has 20 heavy (non-hydrogen) atoms. The molecule has 1 atom stereocenters. The Hall–Kier alpha value is -1.02. The van der Waals surface area contributed by atoms with Crippen LogP contribution in [0.25, 0.3) is 0 Å². The Morgan fingerprint density at radius 3 is 2.80 bits per heavy atom. The van der Waals surface area contributed by atoms with Gasteiger partial charge < -0.3 is 10.1 Å². The number of hydrogen-bond acceptors (Lipinski definition) is 2. The third-order valence-electron chi connectivity index (χ3n) is 4.00. The third kappa shape index (κ3) is 4.24. The summed E-state index contributed by atoms with van der Waals surface area (Å²) in [4.78, 5) is 0. The van der Waals surface area contributed by atoms with Gasteiger partial charge in [0.2, 0.25) is 0 Å². The summed E-state index contributed by atoms with van der Waals surface area (Å²) in [5, 5.41) is 3.58. The molecule has 0 fully saturated rings. The second-order valence-electron chi connectivity index (χ2n) is 7.02. The molecule has 0 aliphatic heterocycles. The van der Waals surface area contributed by atoms with Crippen LogP contribution in [0.3, 0.4) is 0 Å². The lowest BCUT2D eigenvalue weighted by molar-refractivity contribution is 0.242. The van der Waals surface area contributed by atoms with Crippen molar-refractivity contribution in [2.24, 2.45) is 5.41 Å². The number of ether oxygens (including phenoxy) is 1. The zero-order chi connectivity index (χ0) is 14.6. The first-order valence-corrected chi connectivity index (χ1v) is 7.98. The Morgan fingerprint density at radius 2 is 2.10 bits per heavy atom. The molecule has 0 heterocycles. The van der Waals surface area contributed by atoms with Gasteiger partial charge in [-0.25, -0.2) is 0 Å². The maximum Gasteiger partial charge on any atom is 0.119 e. The van der Waals surface area contributed by atoms with Crippen molar-refractivity contribution >= 4 is 0 Å². The molecule has 112 valence electrons. The molecular formula is C18H29NO. The van der Waals surface area contributed by atoms with Gasteiger partial charge in [0.1, 0.15) is 5.75 Å². The molecule has 0 bridgehead atoms. The maximum atomic E-state index is 5.92. The van der Waals surface area contributed by atoms with Gasteiger partial charge in [0.25, 0.3) is 0 Å². The summed E-state index contributed by atoms with van der Waals surface area (Å²) < 4.78 is 5.92. The Balaban J connectivity index is 2.00. The molecule has 0 radical (unpaired) electrons. The highest BCUT2D eigenvalue weighted by atomic mass is 16.5. The van der Waals surface area contributed by atoms with E-state index in [4.69, 9.17) is 4.74 Å². The minimum absolute atomic E-state index is 0.338. The first-order chi connectivity index (χ1) is 9.49. The molecular weight excluding hydrogens is 246 g/mol. The van der Waals surface area contributed by atoms with Gasteiger partial charge >= 0.3 is 0 Å². The van der Waals surface area contributed by atoms with Crippen LogP contribution in [0, 0.1) is 5.41 Å². The quantitative estimate of drug-likeness (QED) is 0.855. The lowest BCUT2D eigenvalue weighted by Crippen LogP contribution is -2.24. The molecule has 0 saturated carbocycles. The summed E-state index contributed by atoms with van der Waals surface area (Å²) >= 11 is 0. The number of rotatable bonds is 5. The number of nitrogens with one attached hydrogen (secondary N) is 1. The van der Waals surface area contributed by atoms with Crippen molar-refractivity contribution in [3.63, 3.8) is 0 Å². The van der Waals surface area contributed by atoms with Gasteiger partial charge in [-0.1, -0.05) is 33.8 Å². The number of benzene rings is 1. The van der Waals surface area contributed by atoms with Crippen LogP contribution in [0.4, 0.5) is 0 Å². The first-order valence-electron chi connectivity index (χ1n) is 7.98. The van der Waals surface area contributed by atoms with Crippen LogP contribution in [0.15, 0.2) is 18.2 Å². The van der Waals surface area contributed by atoms with E-state index in [1.807, 2.05) is 0 Å². The molecule has 1 aliphatic rings. The summed E-state index contributed by atoms with van der Waals surface area (Å²) in [5.74, 6) is 1.03. The van der Waals surface area contributed by atoms with Crippen LogP contribution in [-0.4, -0.2) is 13.2 Å². The Bertz CT molecular complexity index is 434. The lowest BCUT2D eigenvalue weighted by Gasteiger charge is -2.26. The Labute approximate surface area is 123 Å². The second kappa shape index (κ2) is 6.62. The molecule has 1 aromatic rings. The zero-order valence-electron chi connectivity index (χ0n) is 13.5. The molecule has 1 aromatic carbocycles. The molecule has 1 N–H and O–H groups in total. The highest BCUT2D eigenvalue weighted by molar-refractivity contribution is 5.39. The maximum absolute atomic E-state index is 5.92. The largest absolute Gasteiger partial charge is 0.494 e. The molecule has 2 rings (SSSR count). The molecule has 2 heteroatoms. The molecule has 0 amide bonds. The van der Waals surface area contributed by atoms with Gasteiger partial charge in [-0.15, -0.1) is 0 Å². The fraction of sp³-hybridized carbons (Fsp3) is 0.667. The van der Waals surface area contributed by atoms with Crippen LogP contribution >= 0.6 is 0 Å². The van der Waals surface area contributed by atoms with Crippen LogP contribution in [0.1, 0.15) is 64.1 Å². The second-order valence-corrected chi connectivity index (χ2v) is 7.02. The standard InChI is InChI=1S/C18H29NO/c1-5-19-17-8-6-7-14-13-15(9-10-16(14)17)20-12-11-18(2,3)4/h9-10,13,17,19H,5-8,11-12H2,1-4H3. The van der Waals surface area contributed by atoms with E-state index in [0.29, 0.717) is 11.5 Å². The minimum Gasteiger partial charge on any atom is -0.494 e. The predicted molar refractivity (Wildman–Crippen MR) is 85.4 cm³/mol. The Kier molecular flexibility index (Phi) is 5.09. The smallest absolute Gasteiger partial charge is 0.119 e. The number of aryl methyl sites for hydroxylation is 1. The van der Waals surface area contributed by atoms with Gasteiger partial charge in [-0.3, -0.25) is 0 Å². The van der Waals surface area contributed by atoms with Crippen molar-refractivity contribution < 1.29 is 4.74 Å². The van der Waals surface area contributed by atoms with E-state index in [2.05, 4.69) is 51.2 Å². The van der Waals surface area contributed by atoms with Crippen molar-refractivity contribution in [1.29, 1.82) is 0 Å². The van der Waals surface area contributed by atoms with Gasteiger partial charge in [0.05, 0.1) is 6.61 Å². The van der Waals surface area contributed by atoms with Gasteiger partial charge in [-0.05, 0) is 60.9 Å². The third-order valence-corrected chi connectivity index (χ3v) is 4.00. The van der Waals surface area contributed by atoms with Crippen LogP contribution in [0.2, 0.25) is 0 Å². The van der Waals surface area contributed by atoms with E-state index >= 15 is 0 Å². The van der Waals surface area contributed by atoms with E-state index < -0.39 is 0 Å². The van der Waals surface area contributed by atoms with Gasteiger partial charge in [0, 0.05) is 6.04 Å². The highest BCUT2D eigenvalue weighted by Gasteiger charge is 2.19. The summed E-state index contributed by atoms with van der Waals surface area (Å²) in [7, 11) is 0. The molecule has 1 aliphatic carbocycles. The Morgan fingerprint density at radius 1 is 1.30 bits per heavy atom. The van der Waals surface area contributed by atoms with E-state index in [9.17, 15) is 0 Å². The first kappa shape index (κ1) is 15.4. The lowest BCUT2D eigenvalue weighted by atomic mass is 9.87. The van der Waals surface area contributed by atoms with Gasteiger partial charge in [-0.2, -0.15) is 0 Å². The van der Waals surface area contributed by atoms with Crippen molar-refractivity contribution in [3.05, 3.63) is 29.3 Å². The minimum atomic E-state index is 0.338. The molecule has 1 unspecified atom stereocenters. The molecule has 2 nitrogen and oxygen atoms in total. The summed E-state index contributed by atoms with van der Waals surface area (Å²) in [6, 6.07) is 7.18. The summed E-state index contributed by atoms with van der Waals surface area (Å²) in [6.45, 7) is 10.8. The summed E-state index contributed by atoms with van der Waals surface area (Å²) in [6.07, 6.45) is 4.80. The highest BCUT2D eigenvalue weighted by Crippen LogP contribution is 2.32. The fourth-order valence-electron chi connectivity index (χ4n) is 2.81. The van der Waals surface area contributed by atoms with Crippen molar-refractivity contribution in [2.45, 2.75) is 59.4 Å². The topological polar surface area (TPSA) is 21.3 Å². The zero-order valence-corrected chi connectivity index (χ0v) is 13.5. The van der Waals surface area contributed by atoms with E-state index in [-0.39, 0.29) is 0 Å². The molecule has 0 spiro atoms. The van der Waals surface area contributed by atoms with Gasteiger partial charge in [0.15, 0.2) is 0 Å². The fourth-order valence-corrected chi connectivity index (χ4v) is 2.81. The number of hydrogen-bond donors (Lipinski definition) is 1. The van der Waals surface area contributed by atoms with Crippen LogP contribution in [0.5, 0.6) is 5.75 Å².